The molecule has 0 amide bonds. The van der Waals surface area contributed by atoms with Crippen molar-refractivity contribution in [3.05, 3.63) is 16.1 Å². The summed E-state index contributed by atoms with van der Waals surface area (Å²) in [4.78, 5) is 4.05. The van der Waals surface area contributed by atoms with Gasteiger partial charge in [0.05, 0.1) is 5.02 Å². The topological polar surface area (TPSA) is 60.2 Å². The number of halogens is 2. The highest BCUT2D eigenvalue weighted by atomic mass is 35.5. The lowest BCUT2D eigenvalue weighted by Crippen LogP contribution is -2.24. The minimum atomic E-state index is -0.379. The van der Waals surface area contributed by atoms with E-state index in [1.807, 2.05) is 20.8 Å². The Labute approximate surface area is 98.7 Å². The van der Waals surface area contributed by atoms with Crippen molar-refractivity contribution >= 4 is 29.0 Å². The van der Waals surface area contributed by atoms with Gasteiger partial charge < -0.3 is 10.2 Å². The molecule has 1 rings (SSSR count). The first-order valence-electron chi connectivity index (χ1n) is 4.35. The molecule has 0 atom stereocenters. The molecular formula is C9H13Cl2N3O. The summed E-state index contributed by atoms with van der Waals surface area (Å²) in [5.41, 5.74) is 1.99. The maximum atomic E-state index is 5.92. The zero-order chi connectivity index (χ0) is 11.6. The zero-order valence-electron chi connectivity index (χ0n) is 8.77. The molecule has 6 heteroatoms. The molecule has 0 aliphatic carbocycles. The third kappa shape index (κ3) is 3.41. The minimum Gasteiger partial charge on any atom is -0.471 e. The maximum Gasteiger partial charge on any atom is 0.235 e. The number of anilines is 1. The van der Waals surface area contributed by atoms with Crippen molar-refractivity contribution in [3.63, 3.8) is 0 Å². The molecular weight excluding hydrogens is 237 g/mol. The third-order valence-electron chi connectivity index (χ3n) is 1.44. The van der Waals surface area contributed by atoms with E-state index in [-0.39, 0.29) is 5.60 Å². The first kappa shape index (κ1) is 12.4. The summed E-state index contributed by atoms with van der Waals surface area (Å²) in [6, 6.07) is 1.53. The molecule has 15 heavy (non-hydrogen) atoms. The quantitative estimate of drug-likeness (QED) is 0.625. The van der Waals surface area contributed by atoms with Gasteiger partial charge in [-0.25, -0.2) is 5.84 Å². The smallest absolute Gasteiger partial charge is 0.235 e. The van der Waals surface area contributed by atoms with Crippen LogP contribution in [-0.2, 0) is 0 Å². The second-order valence-corrected chi connectivity index (χ2v) is 4.78. The number of nitrogens with two attached hydrogens (primary N) is 1. The van der Waals surface area contributed by atoms with Crippen LogP contribution in [0.3, 0.4) is 0 Å². The third-order valence-corrected chi connectivity index (χ3v) is 2.00. The number of nitrogen functional groups attached to an aromatic ring is 1. The number of nitrogens with zero attached hydrogens (tertiary/aromatic N) is 1. The molecule has 0 saturated carbocycles. The van der Waals surface area contributed by atoms with Gasteiger partial charge in [-0.3, -0.25) is 0 Å². The van der Waals surface area contributed by atoms with Gasteiger partial charge in [0.1, 0.15) is 10.6 Å². The summed E-state index contributed by atoms with van der Waals surface area (Å²) in [6.07, 6.45) is 0. The van der Waals surface area contributed by atoms with E-state index in [2.05, 4.69) is 10.4 Å². The lowest BCUT2D eigenvalue weighted by Gasteiger charge is -2.21. The van der Waals surface area contributed by atoms with Crippen LogP contribution in [0.2, 0.25) is 10.0 Å². The molecule has 0 aliphatic rings. The highest BCUT2D eigenvalue weighted by Crippen LogP contribution is 2.31. The van der Waals surface area contributed by atoms with Crippen LogP contribution >= 0.6 is 23.2 Å². The van der Waals surface area contributed by atoms with Crippen LogP contribution in [0.1, 0.15) is 20.8 Å². The summed E-state index contributed by atoms with van der Waals surface area (Å²) in [7, 11) is 0. The zero-order valence-corrected chi connectivity index (χ0v) is 10.3. The van der Waals surface area contributed by atoms with Crippen molar-refractivity contribution in [2.45, 2.75) is 26.4 Å². The Balaban J connectivity index is 3.08. The van der Waals surface area contributed by atoms with Crippen LogP contribution in [0.4, 0.5) is 5.82 Å². The van der Waals surface area contributed by atoms with Crippen LogP contribution in [0.25, 0.3) is 0 Å². The van der Waals surface area contributed by atoms with E-state index >= 15 is 0 Å². The molecule has 0 bridgehead atoms. The Kier molecular flexibility index (Phi) is 3.65. The lowest BCUT2D eigenvalue weighted by molar-refractivity contribution is 0.124. The fourth-order valence-corrected chi connectivity index (χ4v) is 1.36. The van der Waals surface area contributed by atoms with Crippen molar-refractivity contribution in [2.24, 2.45) is 5.84 Å². The van der Waals surface area contributed by atoms with E-state index in [1.165, 1.54) is 6.07 Å². The number of aromatic nitrogens is 1. The normalized spacial score (nSPS) is 11.3. The standard InChI is InChI=1S/C9H13Cl2N3O/c1-9(2,3)15-8-6(11)4-5(10)7(13-8)14-12/h4H,12H2,1-3H3,(H,13,14). The first-order valence-corrected chi connectivity index (χ1v) is 5.11. The Hall–Kier alpha value is -0.710. The lowest BCUT2D eigenvalue weighted by atomic mass is 10.2. The van der Waals surface area contributed by atoms with Crippen LogP contribution < -0.4 is 16.0 Å². The molecule has 0 fully saturated rings. The molecule has 1 heterocycles. The van der Waals surface area contributed by atoms with Crippen molar-refractivity contribution < 1.29 is 4.74 Å². The Morgan fingerprint density at radius 3 is 2.40 bits per heavy atom. The Morgan fingerprint density at radius 2 is 1.93 bits per heavy atom. The molecule has 0 aromatic carbocycles. The van der Waals surface area contributed by atoms with E-state index in [0.717, 1.165) is 0 Å². The Morgan fingerprint density at radius 1 is 1.33 bits per heavy atom. The second kappa shape index (κ2) is 4.43. The molecule has 3 N–H and O–H groups in total. The van der Waals surface area contributed by atoms with E-state index in [9.17, 15) is 0 Å². The summed E-state index contributed by atoms with van der Waals surface area (Å²) in [6.45, 7) is 5.69. The van der Waals surface area contributed by atoms with Gasteiger partial charge in [-0.05, 0) is 26.8 Å². The van der Waals surface area contributed by atoms with E-state index in [0.29, 0.717) is 21.7 Å². The summed E-state index contributed by atoms with van der Waals surface area (Å²) in [5.74, 6) is 5.88. The maximum absolute atomic E-state index is 5.92. The molecule has 0 spiro atoms. The minimum absolute atomic E-state index is 0.307. The number of hydrazine groups is 1. The van der Waals surface area contributed by atoms with E-state index < -0.39 is 0 Å². The number of pyridine rings is 1. The van der Waals surface area contributed by atoms with Gasteiger partial charge in [0.15, 0.2) is 5.82 Å². The number of rotatable bonds is 2. The van der Waals surface area contributed by atoms with E-state index in [1.54, 1.807) is 0 Å². The summed E-state index contributed by atoms with van der Waals surface area (Å²) in [5, 5.41) is 0.706. The number of hydrogen-bond acceptors (Lipinski definition) is 4. The molecule has 0 radical (unpaired) electrons. The van der Waals surface area contributed by atoms with Gasteiger partial charge in [0.25, 0.3) is 0 Å². The van der Waals surface area contributed by atoms with E-state index in [4.69, 9.17) is 33.8 Å². The first-order chi connectivity index (χ1) is 6.83. The SMILES string of the molecule is CC(C)(C)Oc1nc(NN)c(Cl)cc1Cl. The van der Waals surface area contributed by atoms with Gasteiger partial charge in [0.2, 0.25) is 5.88 Å². The predicted molar refractivity (Wildman–Crippen MR) is 62.4 cm³/mol. The molecule has 0 unspecified atom stereocenters. The van der Waals surface area contributed by atoms with Crippen LogP contribution in [0.5, 0.6) is 5.88 Å². The highest BCUT2D eigenvalue weighted by molar-refractivity contribution is 6.36. The second-order valence-electron chi connectivity index (χ2n) is 3.96. The monoisotopic (exact) mass is 249 g/mol. The number of hydrogen-bond donors (Lipinski definition) is 2. The van der Waals surface area contributed by atoms with Gasteiger partial charge in [0, 0.05) is 0 Å². The molecule has 0 aliphatic heterocycles. The number of nitrogens with one attached hydrogen (secondary N) is 1. The molecule has 0 saturated heterocycles. The Bertz CT molecular complexity index is 363. The van der Waals surface area contributed by atoms with Gasteiger partial charge in [-0.1, -0.05) is 23.2 Å². The molecule has 1 aromatic heterocycles. The highest BCUT2D eigenvalue weighted by Gasteiger charge is 2.17. The van der Waals surface area contributed by atoms with Gasteiger partial charge >= 0.3 is 0 Å². The van der Waals surface area contributed by atoms with Crippen LogP contribution in [0.15, 0.2) is 6.07 Å². The summed E-state index contributed by atoms with van der Waals surface area (Å²) < 4.78 is 5.53. The average molecular weight is 250 g/mol. The fraction of sp³-hybridized carbons (Fsp3) is 0.444. The van der Waals surface area contributed by atoms with Crippen molar-refractivity contribution in [1.29, 1.82) is 0 Å². The largest absolute Gasteiger partial charge is 0.471 e. The van der Waals surface area contributed by atoms with Crippen molar-refractivity contribution in [3.8, 4) is 5.88 Å². The average Bonchev–Trinajstić information content (AvgIpc) is 2.07. The van der Waals surface area contributed by atoms with Gasteiger partial charge in [-0.2, -0.15) is 4.98 Å². The molecule has 1 aromatic rings. The van der Waals surface area contributed by atoms with Crippen LogP contribution in [0, 0.1) is 0 Å². The summed E-state index contributed by atoms with van der Waals surface area (Å²) >= 11 is 11.8. The fourth-order valence-electron chi connectivity index (χ4n) is 0.913. The van der Waals surface area contributed by atoms with Gasteiger partial charge in [-0.15, -0.1) is 0 Å². The molecule has 4 nitrogen and oxygen atoms in total. The number of ether oxygens (including phenoxy) is 1. The molecule has 84 valence electrons. The predicted octanol–water partition coefficient (Wildman–Crippen LogP) is 2.85. The van der Waals surface area contributed by atoms with Crippen molar-refractivity contribution in [2.75, 3.05) is 5.43 Å². The van der Waals surface area contributed by atoms with Crippen LogP contribution in [-0.4, -0.2) is 10.6 Å². The van der Waals surface area contributed by atoms with Crippen molar-refractivity contribution in [1.82, 2.24) is 4.98 Å².